The molecule has 34 heavy (non-hydrogen) atoms. The SMILES string of the molecule is CC(C)NC(=O)NCC[C@@H]1CC[C@@H](NS(=O)(=O)c2ccc(Oc3ccccc3)cc2)[C@@H](CO)O1. The third kappa shape index (κ3) is 7.69. The van der Waals surface area contributed by atoms with Gasteiger partial charge in [0.25, 0.3) is 0 Å². The Morgan fingerprint density at radius 2 is 1.76 bits per heavy atom. The lowest BCUT2D eigenvalue weighted by atomic mass is 9.98. The summed E-state index contributed by atoms with van der Waals surface area (Å²) in [6.45, 7) is 3.87. The van der Waals surface area contributed by atoms with E-state index in [1.807, 2.05) is 44.2 Å². The maximum absolute atomic E-state index is 12.9. The van der Waals surface area contributed by atoms with Crippen molar-refractivity contribution in [3.05, 3.63) is 54.6 Å². The summed E-state index contributed by atoms with van der Waals surface area (Å²) in [5.41, 5.74) is 0. The fourth-order valence-electron chi connectivity index (χ4n) is 3.72. The van der Waals surface area contributed by atoms with Gasteiger partial charge in [0, 0.05) is 12.6 Å². The van der Waals surface area contributed by atoms with Gasteiger partial charge in [-0.15, -0.1) is 0 Å². The van der Waals surface area contributed by atoms with Crippen LogP contribution < -0.4 is 20.1 Å². The summed E-state index contributed by atoms with van der Waals surface area (Å²) in [5, 5.41) is 15.3. The van der Waals surface area contributed by atoms with Gasteiger partial charge in [-0.3, -0.25) is 0 Å². The van der Waals surface area contributed by atoms with Crippen LogP contribution >= 0.6 is 0 Å². The minimum Gasteiger partial charge on any atom is -0.457 e. The molecule has 10 heteroatoms. The highest BCUT2D eigenvalue weighted by Crippen LogP contribution is 2.25. The van der Waals surface area contributed by atoms with Gasteiger partial charge in [0.05, 0.1) is 29.8 Å². The number of ether oxygens (including phenoxy) is 2. The molecule has 0 aliphatic carbocycles. The lowest BCUT2D eigenvalue weighted by Gasteiger charge is -2.36. The average molecular weight is 492 g/mol. The van der Waals surface area contributed by atoms with Crippen LogP contribution in [0, 0.1) is 0 Å². The van der Waals surface area contributed by atoms with E-state index in [1.165, 1.54) is 12.1 Å². The highest BCUT2D eigenvalue weighted by Gasteiger charge is 2.33. The lowest BCUT2D eigenvalue weighted by Crippen LogP contribution is -2.51. The number of urea groups is 1. The van der Waals surface area contributed by atoms with Crippen molar-refractivity contribution in [2.45, 2.75) is 62.3 Å². The van der Waals surface area contributed by atoms with Gasteiger partial charge in [0.2, 0.25) is 10.0 Å². The van der Waals surface area contributed by atoms with E-state index in [1.54, 1.807) is 12.1 Å². The minimum absolute atomic E-state index is 0.0473. The third-order valence-corrected chi connectivity index (χ3v) is 6.89. The molecule has 0 saturated carbocycles. The molecule has 0 bridgehead atoms. The first-order valence-corrected chi connectivity index (χ1v) is 12.9. The van der Waals surface area contributed by atoms with E-state index in [0.29, 0.717) is 37.3 Å². The summed E-state index contributed by atoms with van der Waals surface area (Å²) in [5.74, 6) is 1.18. The number of carbonyl (C=O) groups excluding carboxylic acids is 1. The molecule has 1 fully saturated rings. The third-order valence-electron chi connectivity index (χ3n) is 5.39. The number of hydrogen-bond acceptors (Lipinski definition) is 6. The van der Waals surface area contributed by atoms with Crippen LogP contribution in [0.1, 0.15) is 33.1 Å². The largest absolute Gasteiger partial charge is 0.457 e. The maximum atomic E-state index is 12.9. The zero-order valence-corrected chi connectivity index (χ0v) is 20.3. The van der Waals surface area contributed by atoms with E-state index in [-0.39, 0.29) is 29.7 Å². The van der Waals surface area contributed by atoms with Crippen molar-refractivity contribution < 1.29 is 27.8 Å². The fourth-order valence-corrected chi connectivity index (χ4v) is 5.02. The molecule has 2 aromatic rings. The highest BCUT2D eigenvalue weighted by atomic mass is 32.2. The Labute approximate surface area is 200 Å². The molecule has 2 aromatic carbocycles. The average Bonchev–Trinajstić information content (AvgIpc) is 2.80. The molecular formula is C24H33N3O6S. The van der Waals surface area contributed by atoms with Crippen LogP contribution in [0.4, 0.5) is 4.79 Å². The van der Waals surface area contributed by atoms with Crippen LogP contribution in [0.2, 0.25) is 0 Å². The van der Waals surface area contributed by atoms with Crippen LogP contribution in [0.25, 0.3) is 0 Å². The van der Waals surface area contributed by atoms with Crippen LogP contribution in [-0.2, 0) is 14.8 Å². The summed E-state index contributed by atoms with van der Waals surface area (Å²) in [7, 11) is -3.81. The predicted octanol–water partition coefficient (Wildman–Crippen LogP) is 2.76. The Morgan fingerprint density at radius 3 is 2.41 bits per heavy atom. The van der Waals surface area contributed by atoms with Crippen LogP contribution in [-0.4, -0.2) is 57.0 Å². The first kappa shape index (κ1) is 26.0. The number of amides is 2. The number of para-hydroxylation sites is 1. The van der Waals surface area contributed by atoms with Crippen molar-refractivity contribution in [1.82, 2.24) is 15.4 Å². The summed E-state index contributed by atoms with van der Waals surface area (Å²) >= 11 is 0. The number of aliphatic hydroxyl groups is 1. The number of sulfonamides is 1. The van der Waals surface area contributed by atoms with E-state index in [9.17, 15) is 18.3 Å². The molecule has 3 rings (SSSR count). The lowest BCUT2D eigenvalue weighted by molar-refractivity contribution is -0.0871. The van der Waals surface area contributed by atoms with E-state index in [2.05, 4.69) is 15.4 Å². The van der Waals surface area contributed by atoms with E-state index in [4.69, 9.17) is 9.47 Å². The van der Waals surface area contributed by atoms with Gasteiger partial charge in [-0.2, -0.15) is 0 Å². The monoisotopic (exact) mass is 491 g/mol. The van der Waals surface area contributed by atoms with Crippen LogP contribution in [0.3, 0.4) is 0 Å². The standard InChI is InChI=1S/C24H33N3O6S/c1-17(2)26-24(29)25-15-14-20-10-13-22(23(16-28)33-20)27-34(30,31)21-11-8-19(9-12-21)32-18-6-4-3-5-7-18/h3-9,11-12,17,20,22-23,27-28H,10,13-16H2,1-2H3,(H2,25,26,29)/t20-,22+,23+/m0/s1. The second-order valence-corrected chi connectivity index (χ2v) is 10.2. The Kier molecular flexibility index (Phi) is 9.28. The molecule has 3 atom stereocenters. The molecule has 2 amide bonds. The Morgan fingerprint density at radius 1 is 1.09 bits per heavy atom. The van der Waals surface area contributed by atoms with Crippen molar-refractivity contribution in [3.63, 3.8) is 0 Å². The molecule has 1 aliphatic heterocycles. The minimum atomic E-state index is -3.81. The van der Waals surface area contributed by atoms with E-state index in [0.717, 1.165) is 0 Å². The van der Waals surface area contributed by atoms with Gasteiger partial charge in [-0.25, -0.2) is 17.9 Å². The number of hydrogen-bond donors (Lipinski definition) is 4. The molecular weight excluding hydrogens is 458 g/mol. The first-order valence-electron chi connectivity index (χ1n) is 11.4. The smallest absolute Gasteiger partial charge is 0.314 e. The maximum Gasteiger partial charge on any atom is 0.314 e. The van der Waals surface area contributed by atoms with Gasteiger partial charge in [-0.05, 0) is 69.5 Å². The van der Waals surface area contributed by atoms with Crippen molar-refractivity contribution in [3.8, 4) is 11.5 Å². The van der Waals surface area contributed by atoms with Crippen molar-refractivity contribution in [2.24, 2.45) is 0 Å². The molecule has 9 nitrogen and oxygen atoms in total. The van der Waals surface area contributed by atoms with Crippen LogP contribution in [0.5, 0.6) is 11.5 Å². The fraction of sp³-hybridized carbons (Fsp3) is 0.458. The topological polar surface area (TPSA) is 126 Å². The number of benzene rings is 2. The molecule has 1 heterocycles. The summed E-state index contributed by atoms with van der Waals surface area (Å²) in [6.07, 6.45) is 0.860. The van der Waals surface area contributed by atoms with Crippen molar-refractivity contribution in [2.75, 3.05) is 13.2 Å². The second-order valence-electron chi connectivity index (χ2n) is 8.51. The summed E-state index contributed by atoms with van der Waals surface area (Å²) < 4.78 is 40.1. The van der Waals surface area contributed by atoms with E-state index < -0.39 is 22.2 Å². The number of aliphatic hydroxyl groups excluding tert-OH is 1. The number of nitrogens with one attached hydrogen (secondary N) is 3. The van der Waals surface area contributed by atoms with Crippen molar-refractivity contribution in [1.29, 1.82) is 0 Å². The number of carbonyl (C=O) groups is 1. The normalized spacial score (nSPS) is 20.6. The molecule has 0 spiro atoms. The van der Waals surface area contributed by atoms with Gasteiger partial charge < -0.3 is 25.2 Å². The Hall–Kier alpha value is -2.66. The Bertz CT molecular complexity index is 1010. The zero-order chi connectivity index (χ0) is 24.6. The predicted molar refractivity (Wildman–Crippen MR) is 128 cm³/mol. The van der Waals surface area contributed by atoms with Gasteiger partial charge in [0.1, 0.15) is 11.5 Å². The molecule has 0 aromatic heterocycles. The zero-order valence-electron chi connectivity index (χ0n) is 19.4. The second kappa shape index (κ2) is 12.2. The quantitative estimate of drug-likeness (QED) is 0.405. The van der Waals surface area contributed by atoms with Gasteiger partial charge in [0.15, 0.2) is 0 Å². The first-order chi connectivity index (χ1) is 16.3. The molecule has 1 aliphatic rings. The number of rotatable bonds is 10. The molecule has 0 radical (unpaired) electrons. The molecule has 4 N–H and O–H groups in total. The molecule has 186 valence electrons. The van der Waals surface area contributed by atoms with Gasteiger partial charge >= 0.3 is 6.03 Å². The van der Waals surface area contributed by atoms with E-state index >= 15 is 0 Å². The summed E-state index contributed by atoms with van der Waals surface area (Å²) in [6, 6.07) is 14.6. The molecule has 0 unspecified atom stereocenters. The Balaban J connectivity index is 1.52. The highest BCUT2D eigenvalue weighted by molar-refractivity contribution is 7.89. The van der Waals surface area contributed by atoms with Crippen molar-refractivity contribution >= 4 is 16.1 Å². The summed E-state index contributed by atoms with van der Waals surface area (Å²) in [4.78, 5) is 11.8. The molecule has 1 saturated heterocycles. The van der Waals surface area contributed by atoms with Gasteiger partial charge in [-0.1, -0.05) is 18.2 Å². The van der Waals surface area contributed by atoms with Crippen LogP contribution in [0.15, 0.2) is 59.5 Å².